The van der Waals surface area contributed by atoms with Gasteiger partial charge in [0.05, 0.1) is 6.07 Å². The van der Waals surface area contributed by atoms with Crippen LogP contribution in [-0.4, -0.2) is 44.2 Å². The van der Waals surface area contributed by atoms with Gasteiger partial charge in [-0.05, 0) is 38.0 Å². The van der Waals surface area contributed by atoms with Crippen molar-refractivity contribution in [1.29, 1.82) is 5.26 Å². The molecule has 1 aromatic rings. The molecule has 21 heavy (non-hydrogen) atoms. The van der Waals surface area contributed by atoms with E-state index in [9.17, 15) is 8.42 Å². The summed E-state index contributed by atoms with van der Waals surface area (Å²) in [7, 11) is -3.49. The van der Waals surface area contributed by atoms with Crippen molar-refractivity contribution in [3.8, 4) is 6.07 Å². The van der Waals surface area contributed by atoms with Crippen molar-refractivity contribution in [3.05, 3.63) is 29.3 Å². The minimum absolute atomic E-state index is 0.432. The summed E-state index contributed by atoms with van der Waals surface area (Å²) >= 11 is 0. The van der Waals surface area contributed by atoms with E-state index in [0.29, 0.717) is 26.2 Å². The Hall–Kier alpha value is -1.58. The van der Waals surface area contributed by atoms with E-state index >= 15 is 0 Å². The van der Waals surface area contributed by atoms with Crippen LogP contribution >= 0.6 is 0 Å². The van der Waals surface area contributed by atoms with Gasteiger partial charge in [-0.3, -0.25) is 0 Å². The number of aryl methyl sites for hydroxylation is 1. The molecule has 1 heterocycles. The van der Waals surface area contributed by atoms with E-state index < -0.39 is 15.3 Å². The molecule has 6 heteroatoms. The number of hydrogen-bond acceptors (Lipinski definition) is 4. The second-order valence-corrected chi connectivity index (χ2v) is 7.67. The van der Waals surface area contributed by atoms with Crippen LogP contribution in [0.3, 0.4) is 0 Å². The molecule has 1 atom stereocenters. The Balaban J connectivity index is 2.11. The van der Waals surface area contributed by atoms with Crippen molar-refractivity contribution < 1.29 is 8.42 Å². The maximum absolute atomic E-state index is 12.2. The highest BCUT2D eigenvalue weighted by Gasteiger charge is 2.31. The van der Waals surface area contributed by atoms with Gasteiger partial charge in [-0.15, -0.1) is 0 Å². The normalized spacial score (nSPS) is 18.3. The molecular formula is C15H21N3O2S. The van der Waals surface area contributed by atoms with Gasteiger partial charge in [0.1, 0.15) is 0 Å². The fraction of sp³-hybridized carbons (Fsp3) is 0.533. The van der Waals surface area contributed by atoms with E-state index in [1.165, 1.54) is 28.0 Å². The minimum Gasteiger partial charge on any atom is -0.369 e. The Morgan fingerprint density at radius 3 is 2.38 bits per heavy atom. The van der Waals surface area contributed by atoms with Gasteiger partial charge in [-0.1, -0.05) is 12.1 Å². The average Bonchev–Trinajstić information content (AvgIpc) is 2.49. The van der Waals surface area contributed by atoms with Gasteiger partial charge >= 0.3 is 0 Å². The van der Waals surface area contributed by atoms with Crippen LogP contribution in [0.4, 0.5) is 5.69 Å². The molecule has 1 saturated heterocycles. The van der Waals surface area contributed by atoms with Gasteiger partial charge in [-0.2, -0.15) is 9.57 Å². The van der Waals surface area contributed by atoms with Gasteiger partial charge in [0, 0.05) is 31.9 Å². The zero-order chi connectivity index (χ0) is 15.6. The first kappa shape index (κ1) is 15.8. The SMILES string of the molecule is Cc1cccc(N2CCN(S(=O)(=O)C(C)C#N)CC2)c1C. The zero-order valence-corrected chi connectivity index (χ0v) is 13.5. The molecule has 0 radical (unpaired) electrons. The molecule has 114 valence electrons. The lowest BCUT2D eigenvalue weighted by Gasteiger charge is -2.36. The molecule has 1 unspecified atom stereocenters. The second kappa shape index (κ2) is 6.04. The van der Waals surface area contributed by atoms with E-state index in [0.717, 1.165) is 0 Å². The number of nitrogens with zero attached hydrogens (tertiary/aromatic N) is 3. The van der Waals surface area contributed by atoms with Crippen molar-refractivity contribution in [1.82, 2.24) is 4.31 Å². The van der Waals surface area contributed by atoms with Crippen LogP contribution < -0.4 is 4.90 Å². The summed E-state index contributed by atoms with van der Waals surface area (Å²) in [5, 5.41) is 7.85. The van der Waals surface area contributed by atoms with Gasteiger partial charge < -0.3 is 4.90 Å². The maximum Gasteiger partial charge on any atom is 0.230 e. The van der Waals surface area contributed by atoms with Crippen LogP contribution in [0.1, 0.15) is 18.1 Å². The van der Waals surface area contributed by atoms with Crippen LogP contribution in [0, 0.1) is 25.2 Å². The summed E-state index contributed by atoms with van der Waals surface area (Å²) in [5.41, 5.74) is 3.64. The van der Waals surface area contributed by atoms with Crippen LogP contribution in [-0.2, 0) is 10.0 Å². The first-order valence-corrected chi connectivity index (χ1v) is 8.58. The molecule has 0 amide bonds. The topological polar surface area (TPSA) is 64.4 Å². The molecule has 0 saturated carbocycles. The van der Waals surface area contributed by atoms with Gasteiger partial charge in [0.2, 0.25) is 10.0 Å². The lowest BCUT2D eigenvalue weighted by atomic mass is 10.1. The monoisotopic (exact) mass is 307 g/mol. The molecule has 1 aromatic carbocycles. The predicted octanol–water partition coefficient (Wildman–Crippen LogP) is 1.67. The Bertz CT molecular complexity index is 656. The third-order valence-corrected chi connectivity index (χ3v) is 6.23. The molecule has 0 bridgehead atoms. The predicted molar refractivity (Wildman–Crippen MR) is 83.7 cm³/mol. The molecule has 5 nitrogen and oxygen atoms in total. The maximum atomic E-state index is 12.2. The number of sulfonamides is 1. The lowest BCUT2D eigenvalue weighted by molar-refractivity contribution is 0.383. The van der Waals surface area contributed by atoms with Crippen LogP contribution in [0.2, 0.25) is 0 Å². The molecule has 1 aliphatic heterocycles. The molecule has 0 aromatic heterocycles. The summed E-state index contributed by atoms with van der Waals surface area (Å²) in [6, 6.07) is 8.00. The zero-order valence-electron chi connectivity index (χ0n) is 12.7. The largest absolute Gasteiger partial charge is 0.369 e. The minimum atomic E-state index is -3.49. The molecular weight excluding hydrogens is 286 g/mol. The molecule has 1 aliphatic rings. The summed E-state index contributed by atoms with van der Waals surface area (Å²) in [5.74, 6) is 0. The molecule has 0 N–H and O–H groups in total. The molecule has 1 fully saturated rings. The third-order valence-electron chi connectivity index (χ3n) is 4.14. The fourth-order valence-corrected chi connectivity index (χ4v) is 3.80. The lowest BCUT2D eigenvalue weighted by Crippen LogP contribution is -2.50. The van der Waals surface area contributed by atoms with E-state index in [2.05, 4.69) is 30.9 Å². The molecule has 0 aliphatic carbocycles. The molecule has 2 rings (SSSR count). The summed E-state index contributed by atoms with van der Waals surface area (Å²) in [6.07, 6.45) is 0. The smallest absolute Gasteiger partial charge is 0.230 e. The Kier molecular flexibility index (Phi) is 4.55. The Morgan fingerprint density at radius 2 is 1.81 bits per heavy atom. The highest BCUT2D eigenvalue weighted by molar-refractivity contribution is 7.89. The van der Waals surface area contributed by atoms with Crippen LogP contribution in [0.15, 0.2) is 18.2 Å². The number of rotatable bonds is 3. The third kappa shape index (κ3) is 3.04. The van der Waals surface area contributed by atoms with Crippen molar-refractivity contribution in [3.63, 3.8) is 0 Å². The first-order chi connectivity index (χ1) is 9.87. The van der Waals surface area contributed by atoms with Gasteiger partial charge in [0.25, 0.3) is 0 Å². The van der Waals surface area contributed by atoms with Crippen LogP contribution in [0.5, 0.6) is 0 Å². The van der Waals surface area contributed by atoms with E-state index in [4.69, 9.17) is 5.26 Å². The van der Waals surface area contributed by atoms with Crippen LogP contribution in [0.25, 0.3) is 0 Å². The summed E-state index contributed by atoms with van der Waals surface area (Å²) < 4.78 is 25.8. The van der Waals surface area contributed by atoms with E-state index in [1.807, 2.05) is 12.1 Å². The van der Waals surface area contributed by atoms with Gasteiger partial charge in [-0.25, -0.2) is 8.42 Å². The number of anilines is 1. The second-order valence-electron chi connectivity index (χ2n) is 5.42. The standard InChI is InChI=1S/C15H21N3O2S/c1-12-5-4-6-15(14(12)3)17-7-9-18(10-8-17)21(19,20)13(2)11-16/h4-6,13H,7-10H2,1-3H3. The van der Waals surface area contributed by atoms with Crippen molar-refractivity contribution in [2.45, 2.75) is 26.0 Å². The number of hydrogen-bond donors (Lipinski definition) is 0. The fourth-order valence-electron chi connectivity index (χ4n) is 2.55. The van der Waals surface area contributed by atoms with Crippen molar-refractivity contribution in [2.75, 3.05) is 31.1 Å². The van der Waals surface area contributed by atoms with Crippen molar-refractivity contribution >= 4 is 15.7 Å². The average molecular weight is 307 g/mol. The summed E-state index contributed by atoms with van der Waals surface area (Å²) in [6.45, 7) is 7.78. The summed E-state index contributed by atoms with van der Waals surface area (Å²) in [4.78, 5) is 2.21. The van der Waals surface area contributed by atoms with E-state index in [-0.39, 0.29) is 0 Å². The molecule has 0 spiro atoms. The quantitative estimate of drug-likeness (QED) is 0.852. The van der Waals surface area contributed by atoms with Gasteiger partial charge in [0.15, 0.2) is 5.25 Å². The number of piperazine rings is 1. The Morgan fingerprint density at radius 1 is 1.19 bits per heavy atom. The Labute approximate surface area is 126 Å². The van der Waals surface area contributed by atoms with E-state index in [1.54, 1.807) is 0 Å². The highest BCUT2D eigenvalue weighted by atomic mass is 32.2. The van der Waals surface area contributed by atoms with Crippen molar-refractivity contribution in [2.24, 2.45) is 0 Å². The highest BCUT2D eigenvalue weighted by Crippen LogP contribution is 2.24. The number of nitriles is 1. The first-order valence-electron chi connectivity index (χ1n) is 7.07. The number of benzene rings is 1.